The van der Waals surface area contributed by atoms with Crippen LogP contribution in [0, 0.1) is 11.3 Å². The molecular formula is C16H26N2O3. The maximum absolute atomic E-state index is 12.4. The van der Waals surface area contributed by atoms with Crippen LogP contribution in [0.2, 0.25) is 0 Å². The van der Waals surface area contributed by atoms with Crippen molar-refractivity contribution in [1.29, 1.82) is 0 Å². The summed E-state index contributed by atoms with van der Waals surface area (Å²) < 4.78 is 0. The van der Waals surface area contributed by atoms with Crippen LogP contribution in [0.5, 0.6) is 0 Å². The van der Waals surface area contributed by atoms with Crippen LogP contribution < -0.4 is 0 Å². The Morgan fingerprint density at radius 3 is 2.19 bits per heavy atom. The minimum atomic E-state index is -0.777. The first kappa shape index (κ1) is 14.8. The summed E-state index contributed by atoms with van der Waals surface area (Å²) in [5.41, 5.74) is -0.776. The molecule has 5 heteroatoms. The van der Waals surface area contributed by atoms with Gasteiger partial charge < -0.3 is 10.0 Å². The Morgan fingerprint density at radius 2 is 1.67 bits per heavy atom. The number of carboxylic acid groups (broad SMARTS) is 1. The number of rotatable bonds is 5. The van der Waals surface area contributed by atoms with E-state index in [2.05, 4.69) is 4.90 Å². The Labute approximate surface area is 126 Å². The van der Waals surface area contributed by atoms with Crippen molar-refractivity contribution in [3.05, 3.63) is 0 Å². The molecule has 0 aromatic heterocycles. The summed E-state index contributed by atoms with van der Waals surface area (Å²) in [4.78, 5) is 28.3. The van der Waals surface area contributed by atoms with Crippen molar-refractivity contribution in [3.8, 4) is 0 Å². The largest absolute Gasteiger partial charge is 0.481 e. The lowest BCUT2D eigenvalue weighted by Gasteiger charge is -2.36. The van der Waals surface area contributed by atoms with Gasteiger partial charge in [-0.2, -0.15) is 0 Å². The average Bonchev–Trinajstić information content (AvgIpc) is 3.15. The molecule has 3 fully saturated rings. The number of hydrogen-bond acceptors (Lipinski definition) is 3. The van der Waals surface area contributed by atoms with Gasteiger partial charge in [-0.25, -0.2) is 0 Å². The topological polar surface area (TPSA) is 60.9 Å². The lowest BCUT2D eigenvalue weighted by molar-refractivity contribution is -0.153. The molecule has 0 bridgehead atoms. The first-order valence-corrected chi connectivity index (χ1v) is 8.33. The highest BCUT2D eigenvalue weighted by Gasteiger charge is 2.44. The van der Waals surface area contributed by atoms with Gasteiger partial charge in [-0.15, -0.1) is 0 Å². The fraction of sp³-hybridized carbons (Fsp3) is 0.875. The molecule has 2 saturated carbocycles. The van der Waals surface area contributed by atoms with E-state index >= 15 is 0 Å². The third kappa shape index (κ3) is 3.39. The normalized spacial score (nSPS) is 26.0. The molecule has 0 radical (unpaired) electrons. The second-order valence-corrected chi connectivity index (χ2v) is 7.09. The van der Waals surface area contributed by atoms with Gasteiger partial charge in [0.2, 0.25) is 5.91 Å². The third-order valence-corrected chi connectivity index (χ3v) is 5.44. The van der Waals surface area contributed by atoms with Crippen molar-refractivity contribution in [3.63, 3.8) is 0 Å². The number of hydrogen-bond donors (Lipinski definition) is 1. The molecule has 1 N–H and O–H groups in total. The number of amides is 1. The smallest absolute Gasteiger partial charge is 0.310 e. The van der Waals surface area contributed by atoms with Crippen LogP contribution in [0.15, 0.2) is 0 Å². The highest BCUT2D eigenvalue weighted by Crippen LogP contribution is 2.41. The zero-order valence-electron chi connectivity index (χ0n) is 12.7. The van der Waals surface area contributed by atoms with E-state index in [1.807, 2.05) is 4.90 Å². The van der Waals surface area contributed by atoms with Crippen molar-refractivity contribution < 1.29 is 14.7 Å². The zero-order valence-corrected chi connectivity index (χ0v) is 12.7. The van der Waals surface area contributed by atoms with E-state index in [4.69, 9.17) is 0 Å². The number of nitrogens with zero attached hydrogens (tertiary/aromatic N) is 2. The quantitative estimate of drug-likeness (QED) is 0.836. The molecule has 118 valence electrons. The molecule has 0 aromatic rings. The van der Waals surface area contributed by atoms with Gasteiger partial charge in [-0.1, -0.05) is 12.8 Å². The summed E-state index contributed by atoms with van der Waals surface area (Å²) in [7, 11) is 0. The summed E-state index contributed by atoms with van der Waals surface area (Å²) in [5.74, 6) is 0.159. The molecule has 1 aliphatic heterocycles. The molecule has 0 unspecified atom stereocenters. The Kier molecular flexibility index (Phi) is 4.20. The molecule has 5 nitrogen and oxygen atoms in total. The fourth-order valence-electron chi connectivity index (χ4n) is 3.76. The Hall–Kier alpha value is -1.10. The maximum Gasteiger partial charge on any atom is 0.310 e. The van der Waals surface area contributed by atoms with Crippen LogP contribution in [0.4, 0.5) is 0 Å². The Bertz CT molecular complexity index is 406. The number of piperazine rings is 1. The van der Waals surface area contributed by atoms with Crippen LogP contribution in [0.1, 0.15) is 44.9 Å². The molecule has 3 aliphatic rings. The van der Waals surface area contributed by atoms with Gasteiger partial charge in [0.25, 0.3) is 0 Å². The van der Waals surface area contributed by atoms with Gasteiger partial charge in [0.05, 0.1) is 5.41 Å². The molecule has 21 heavy (non-hydrogen) atoms. The highest BCUT2D eigenvalue weighted by molar-refractivity contribution is 5.85. The molecule has 1 saturated heterocycles. The summed E-state index contributed by atoms with van der Waals surface area (Å²) in [6.45, 7) is 4.61. The van der Waals surface area contributed by atoms with Gasteiger partial charge in [0, 0.05) is 39.1 Å². The van der Waals surface area contributed by atoms with E-state index in [1.165, 1.54) is 19.4 Å². The predicted molar refractivity (Wildman–Crippen MR) is 78.9 cm³/mol. The van der Waals surface area contributed by atoms with Crippen molar-refractivity contribution in [2.45, 2.75) is 44.9 Å². The van der Waals surface area contributed by atoms with Crippen molar-refractivity contribution >= 4 is 11.9 Å². The molecule has 2 aliphatic carbocycles. The van der Waals surface area contributed by atoms with E-state index in [1.54, 1.807) is 0 Å². The molecule has 3 rings (SSSR count). The summed E-state index contributed by atoms with van der Waals surface area (Å²) in [5, 5.41) is 9.48. The number of carbonyl (C=O) groups is 2. The van der Waals surface area contributed by atoms with E-state index < -0.39 is 11.4 Å². The molecule has 1 amide bonds. The predicted octanol–water partition coefficient (Wildman–Crippen LogP) is 1.58. The maximum atomic E-state index is 12.4. The van der Waals surface area contributed by atoms with Crippen LogP contribution in [0.25, 0.3) is 0 Å². The van der Waals surface area contributed by atoms with Gasteiger partial charge in [-0.05, 0) is 31.6 Å². The van der Waals surface area contributed by atoms with E-state index in [0.29, 0.717) is 12.8 Å². The van der Waals surface area contributed by atoms with Crippen molar-refractivity contribution in [1.82, 2.24) is 9.80 Å². The van der Waals surface area contributed by atoms with Crippen LogP contribution in [-0.4, -0.2) is 59.5 Å². The van der Waals surface area contributed by atoms with Gasteiger partial charge >= 0.3 is 5.97 Å². The second-order valence-electron chi connectivity index (χ2n) is 7.09. The summed E-state index contributed by atoms with van der Waals surface area (Å²) >= 11 is 0. The third-order valence-electron chi connectivity index (χ3n) is 5.44. The van der Waals surface area contributed by atoms with Gasteiger partial charge in [0.15, 0.2) is 0 Å². The lowest BCUT2D eigenvalue weighted by Crippen LogP contribution is -2.50. The average molecular weight is 294 g/mol. The van der Waals surface area contributed by atoms with E-state index in [9.17, 15) is 14.7 Å². The number of aliphatic carboxylic acids is 1. The molecule has 0 spiro atoms. The minimum absolute atomic E-state index is 0.0466. The van der Waals surface area contributed by atoms with Gasteiger partial charge in [0.1, 0.15) is 0 Å². The molecular weight excluding hydrogens is 268 g/mol. The monoisotopic (exact) mass is 294 g/mol. The second kappa shape index (κ2) is 5.95. The van der Waals surface area contributed by atoms with Gasteiger partial charge in [-0.3, -0.25) is 14.5 Å². The molecule has 0 atom stereocenters. The van der Waals surface area contributed by atoms with E-state index in [0.717, 1.165) is 44.9 Å². The first-order chi connectivity index (χ1) is 10.1. The number of carboxylic acids is 1. The van der Waals surface area contributed by atoms with Crippen LogP contribution in [-0.2, 0) is 9.59 Å². The minimum Gasteiger partial charge on any atom is -0.481 e. The molecule has 1 heterocycles. The highest BCUT2D eigenvalue weighted by atomic mass is 16.4. The molecule has 0 aromatic carbocycles. The fourth-order valence-corrected chi connectivity index (χ4v) is 3.76. The SMILES string of the molecule is O=C(CC1(C(=O)O)CCCC1)N1CCN(CC2CC2)CC1. The summed E-state index contributed by atoms with van der Waals surface area (Å²) in [6.07, 6.45) is 6.13. The Balaban J connectivity index is 1.50. The summed E-state index contributed by atoms with van der Waals surface area (Å²) in [6, 6.07) is 0. The van der Waals surface area contributed by atoms with Crippen LogP contribution >= 0.6 is 0 Å². The van der Waals surface area contributed by atoms with E-state index in [-0.39, 0.29) is 12.3 Å². The lowest BCUT2D eigenvalue weighted by atomic mass is 9.82. The Morgan fingerprint density at radius 1 is 1.05 bits per heavy atom. The zero-order chi connectivity index (χ0) is 14.9. The van der Waals surface area contributed by atoms with Crippen molar-refractivity contribution in [2.24, 2.45) is 11.3 Å². The first-order valence-electron chi connectivity index (χ1n) is 8.33. The number of carbonyl (C=O) groups excluding carboxylic acids is 1. The van der Waals surface area contributed by atoms with Crippen LogP contribution in [0.3, 0.4) is 0 Å². The van der Waals surface area contributed by atoms with Crippen molar-refractivity contribution in [2.75, 3.05) is 32.7 Å². The standard InChI is InChI=1S/C16H26N2O3/c19-14(11-16(15(20)21)5-1-2-6-16)18-9-7-17(8-10-18)12-13-3-4-13/h13H,1-12H2,(H,20,21).